The van der Waals surface area contributed by atoms with Crippen LogP contribution in [0.2, 0.25) is 0 Å². The molecule has 5 heteroatoms. The quantitative estimate of drug-likeness (QED) is 0.818. The van der Waals surface area contributed by atoms with E-state index in [1.54, 1.807) is 12.4 Å². The number of benzene rings is 1. The van der Waals surface area contributed by atoms with Crippen LogP contribution in [-0.4, -0.2) is 9.13 Å². The van der Waals surface area contributed by atoms with Crippen molar-refractivity contribution in [1.82, 2.24) is 9.13 Å². The van der Waals surface area contributed by atoms with E-state index >= 15 is 0 Å². The van der Waals surface area contributed by atoms with Gasteiger partial charge in [-0.15, -0.1) is 0 Å². The van der Waals surface area contributed by atoms with Crippen molar-refractivity contribution in [3.63, 3.8) is 0 Å². The van der Waals surface area contributed by atoms with Gasteiger partial charge in [-0.05, 0) is 43.0 Å². The summed E-state index contributed by atoms with van der Waals surface area (Å²) < 4.78 is 15.7. The number of halogens is 1. The minimum atomic E-state index is -0.593. The molecular weight excluding hydrogens is 283 g/mol. The van der Waals surface area contributed by atoms with Crippen molar-refractivity contribution in [2.75, 3.05) is 0 Å². The fraction of sp³-hybridized carbons (Fsp3) is 0.412. The molecule has 1 aromatic heterocycles. The molecule has 22 heavy (non-hydrogen) atoms. The Balaban J connectivity index is 1.89. The van der Waals surface area contributed by atoms with Crippen LogP contribution >= 0.6 is 0 Å². The molecule has 0 unspecified atom stereocenters. The zero-order valence-corrected chi connectivity index (χ0v) is 12.4. The Morgan fingerprint density at radius 2 is 1.64 bits per heavy atom. The second-order valence-electron chi connectivity index (χ2n) is 5.91. The first kappa shape index (κ1) is 14.8. The Morgan fingerprint density at radius 1 is 0.955 bits per heavy atom. The van der Waals surface area contributed by atoms with Crippen LogP contribution in [-0.2, 0) is 6.54 Å². The predicted octanol–water partition coefficient (Wildman–Crippen LogP) is 2.72. The summed E-state index contributed by atoms with van der Waals surface area (Å²) >= 11 is 0. The summed E-state index contributed by atoms with van der Waals surface area (Å²) in [5.41, 5.74) is -0.615. The van der Waals surface area contributed by atoms with E-state index in [1.807, 2.05) is 0 Å². The first-order chi connectivity index (χ1) is 10.6. The first-order valence-electron chi connectivity index (χ1n) is 7.73. The lowest BCUT2D eigenvalue weighted by molar-refractivity contribution is 0.315. The van der Waals surface area contributed by atoms with Gasteiger partial charge in [-0.25, -0.2) is 4.39 Å². The van der Waals surface area contributed by atoms with Crippen LogP contribution in [0, 0.1) is 11.7 Å². The van der Waals surface area contributed by atoms with Crippen LogP contribution in [0.5, 0.6) is 0 Å². The van der Waals surface area contributed by atoms with Crippen molar-refractivity contribution < 1.29 is 4.39 Å². The molecule has 0 atom stereocenters. The lowest BCUT2D eigenvalue weighted by Crippen LogP contribution is -2.41. The molecule has 1 aliphatic carbocycles. The molecule has 0 spiro atoms. The highest BCUT2D eigenvalue weighted by molar-refractivity contribution is 5.31. The second-order valence-corrected chi connectivity index (χ2v) is 5.91. The standard InChI is InChI=1S/C17H19FN2O2/c18-14-6-8-15(9-7-14)20-11-10-19(16(21)17(20)22)12-13-4-2-1-3-5-13/h6-11,13H,1-5,12H2. The molecule has 116 valence electrons. The van der Waals surface area contributed by atoms with E-state index in [0.29, 0.717) is 18.2 Å². The molecule has 1 aliphatic rings. The highest BCUT2D eigenvalue weighted by atomic mass is 19.1. The van der Waals surface area contributed by atoms with Gasteiger partial charge in [-0.3, -0.25) is 14.2 Å². The van der Waals surface area contributed by atoms with Crippen LogP contribution in [0.15, 0.2) is 46.2 Å². The molecule has 1 fully saturated rings. The van der Waals surface area contributed by atoms with E-state index in [1.165, 1.54) is 52.7 Å². The summed E-state index contributed by atoms with van der Waals surface area (Å²) in [4.78, 5) is 24.5. The Morgan fingerprint density at radius 3 is 2.32 bits per heavy atom. The van der Waals surface area contributed by atoms with Crippen molar-refractivity contribution in [1.29, 1.82) is 0 Å². The lowest BCUT2D eigenvalue weighted by Gasteiger charge is -2.22. The van der Waals surface area contributed by atoms with Gasteiger partial charge in [0.2, 0.25) is 0 Å². The van der Waals surface area contributed by atoms with Gasteiger partial charge in [0.05, 0.1) is 0 Å². The second kappa shape index (κ2) is 6.30. The number of hydrogen-bond donors (Lipinski definition) is 0. The molecule has 0 aliphatic heterocycles. The maximum atomic E-state index is 13.0. The van der Waals surface area contributed by atoms with Gasteiger partial charge in [0.15, 0.2) is 0 Å². The highest BCUT2D eigenvalue weighted by Crippen LogP contribution is 2.24. The number of aromatic nitrogens is 2. The summed E-state index contributed by atoms with van der Waals surface area (Å²) in [5.74, 6) is 0.106. The molecule has 1 saturated carbocycles. The smallest absolute Gasteiger partial charge is 0.309 e. The molecule has 0 radical (unpaired) electrons. The molecule has 0 N–H and O–H groups in total. The molecule has 3 rings (SSSR count). The first-order valence-corrected chi connectivity index (χ1v) is 7.73. The van der Waals surface area contributed by atoms with Gasteiger partial charge in [-0.2, -0.15) is 0 Å². The summed E-state index contributed by atoms with van der Waals surface area (Å²) in [6, 6.07) is 5.52. The van der Waals surface area contributed by atoms with Crippen molar-refractivity contribution >= 4 is 0 Å². The van der Waals surface area contributed by atoms with E-state index < -0.39 is 11.1 Å². The Hall–Kier alpha value is -2.17. The minimum Gasteiger partial charge on any atom is -0.309 e. The molecule has 1 heterocycles. The van der Waals surface area contributed by atoms with Crippen LogP contribution in [0.25, 0.3) is 5.69 Å². The van der Waals surface area contributed by atoms with Gasteiger partial charge >= 0.3 is 11.1 Å². The molecular formula is C17H19FN2O2. The van der Waals surface area contributed by atoms with Gasteiger partial charge in [-0.1, -0.05) is 19.3 Å². The Bertz CT molecular complexity index is 755. The summed E-state index contributed by atoms with van der Waals surface area (Å²) in [6.07, 6.45) is 9.14. The maximum Gasteiger partial charge on any atom is 0.320 e. The number of hydrogen-bond acceptors (Lipinski definition) is 2. The largest absolute Gasteiger partial charge is 0.320 e. The minimum absolute atomic E-state index is 0.373. The molecule has 0 amide bonds. The molecule has 2 aromatic rings. The van der Waals surface area contributed by atoms with E-state index in [9.17, 15) is 14.0 Å². The van der Waals surface area contributed by atoms with Crippen molar-refractivity contribution in [2.45, 2.75) is 38.6 Å². The zero-order valence-electron chi connectivity index (χ0n) is 12.4. The van der Waals surface area contributed by atoms with Crippen LogP contribution in [0.1, 0.15) is 32.1 Å². The molecule has 4 nitrogen and oxygen atoms in total. The van der Waals surface area contributed by atoms with E-state index in [0.717, 1.165) is 12.8 Å². The van der Waals surface area contributed by atoms with Gasteiger partial charge in [0, 0.05) is 24.6 Å². The molecule has 0 saturated heterocycles. The lowest BCUT2D eigenvalue weighted by atomic mass is 9.89. The van der Waals surface area contributed by atoms with E-state index in [2.05, 4.69) is 0 Å². The summed E-state index contributed by atoms with van der Waals surface area (Å²) in [6.45, 7) is 0.609. The topological polar surface area (TPSA) is 44.0 Å². The third-order valence-corrected chi connectivity index (χ3v) is 4.34. The fourth-order valence-electron chi connectivity index (χ4n) is 3.11. The number of nitrogens with zero attached hydrogens (tertiary/aromatic N) is 2. The Labute approximate surface area is 127 Å². The Kier molecular flexibility index (Phi) is 4.22. The monoisotopic (exact) mass is 302 g/mol. The normalized spacial score (nSPS) is 15.9. The van der Waals surface area contributed by atoms with Gasteiger partial charge in [0.25, 0.3) is 0 Å². The van der Waals surface area contributed by atoms with Crippen molar-refractivity contribution in [2.24, 2.45) is 5.92 Å². The highest BCUT2D eigenvalue weighted by Gasteiger charge is 2.15. The summed E-state index contributed by atoms with van der Waals surface area (Å²) in [7, 11) is 0. The maximum absolute atomic E-state index is 13.0. The number of rotatable bonds is 3. The van der Waals surface area contributed by atoms with Crippen LogP contribution in [0.4, 0.5) is 4.39 Å². The van der Waals surface area contributed by atoms with Gasteiger partial charge < -0.3 is 4.57 Å². The van der Waals surface area contributed by atoms with Gasteiger partial charge in [0.1, 0.15) is 5.82 Å². The van der Waals surface area contributed by atoms with Crippen molar-refractivity contribution in [3.05, 3.63) is 63.2 Å². The van der Waals surface area contributed by atoms with E-state index in [-0.39, 0.29) is 5.82 Å². The average Bonchev–Trinajstić information content (AvgIpc) is 2.54. The molecule has 1 aromatic carbocycles. The van der Waals surface area contributed by atoms with Crippen LogP contribution in [0.3, 0.4) is 0 Å². The fourth-order valence-corrected chi connectivity index (χ4v) is 3.11. The zero-order chi connectivity index (χ0) is 15.5. The van der Waals surface area contributed by atoms with E-state index in [4.69, 9.17) is 0 Å². The molecule has 0 bridgehead atoms. The van der Waals surface area contributed by atoms with Crippen LogP contribution < -0.4 is 11.1 Å². The third kappa shape index (κ3) is 3.03. The van der Waals surface area contributed by atoms with Crippen molar-refractivity contribution in [3.8, 4) is 5.69 Å². The SMILES string of the molecule is O=c1c(=O)n(-c2ccc(F)cc2)ccn1CC1CCCCC1. The third-order valence-electron chi connectivity index (χ3n) is 4.34. The average molecular weight is 302 g/mol. The predicted molar refractivity (Wildman–Crippen MR) is 82.8 cm³/mol. The summed E-state index contributed by atoms with van der Waals surface area (Å²) in [5, 5.41) is 0.